The van der Waals surface area contributed by atoms with E-state index < -0.39 is 35.2 Å². The van der Waals surface area contributed by atoms with Gasteiger partial charge in [0.1, 0.15) is 5.69 Å². The first-order valence-electron chi connectivity index (χ1n) is 6.18. The largest absolute Gasteiger partial charge is 0.435 e. The van der Waals surface area contributed by atoms with Crippen LogP contribution in [0.4, 0.5) is 26.3 Å². The highest BCUT2D eigenvalue weighted by Crippen LogP contribution is 2.44. The first kappa shape index (κ1) is 17.4. The predicted molar refractivity (Wildman–Crippen MR) is 64.3 cm³/mol. The van der Waals surface area contributed by atoms with Crippen molar-refractivity contribution < 1.29 is 26.3 Å². The second-order valence-electron chi connectivity index (χ2n) is 4.62. The molecule has 1 aromatic rings. The summed E-state index contributed by atoms with van der Waals surface area (Å²) in [5.41, 5.74) is -3.74. The van der Waals surface area contributed by atoms with Crippen LogP contribution in [-0.4, -0.2) is 9.78 Å². The van der Waals surface area contributed by atoms with Gasteiger partial charge < -0.3 is 0 Å². The van der Waals surface area contributed by atoms with E-state index in [-0.39, 0.29) is 17.5 Å². The van der Waals surface area contributed by atoms with Crippen molar-refractivity contribution in [1.29, 1.82) is 0 Å². The quantitative estimate of drug-likeness (QED) is 0.596. The van der Waals surface area contributed by atoms with Gasteiger partial charge in [-0.3, -0.25) is 4.68 Å². The first-order chi connectivity index (χ1) is 9.54. The van der Waals surface area contributed by atoms with Crippen LogP contribution in [-0.2, 0) is 19.4 Å². The lowest BCUT2D eigenvalue weighted by Gasteiger charge is -2.18. The third-order valence-electron chi connectivity index (χ3n) is 3.03. The maximum atomic E-state index is 13.1. The maximum Gasteiger partial charge on any atom is 0.435 e. The topological polar surface area (TPSA) is 17.8 Å². The standard InChI is InChI=1S/C13H14F6N2/c1-4-6-8(7-5-2)9-10(12(14,15)16)20-21(3)11(9)13(17,18)19/h1,8H,5-7H2,2-3H3. The molecule has 1 rings (SSSR count). The van der Waals surface area contributed by atoms with Crippen LogP contribution in [0, 0.1) is 12.3 Å². The molecular weight excluding hydrogens is 298 g/mol. The molecule has 8 heteroatoms. The van der Waals surface area contributed by atoms with Gasteiger partial charge in [0.25, 0.3) is 0 Å². The molecule has 0 aliphatic heterocycles. The van der Waals surface area contributed by atoms with Gasteiger partial charge in [-0.25, -0.2) is 0 Å². The molecule has 1 unspecified atom stereocenters. The summed E-state index contributed by atoms with van der Waals surface area (Å²) in [5.74, 6) is 1.12. The molecule has 0 spiro atoms. The van der Waals surface area contributed by atoms with Crippen molar-refractivity contribution in [3.8, 4) is 12.3 Å². The molecule has 0 bridgehead atoms. The fourth-order valence-corrected chi connectivity index (χ4v) is 2.31. The number of hydrogen-bond acceptors (Lipinski definition) is 1. The number of nitrogens with zero attached hydrogens (tertiary/aromatic N) is 2. The zero-order valence-electron chi connectivity index (χ0n) is 11.4. The Morgan fingerprint density at radius 2 is 1.76 bits per heavy atom. The van der Waals surface area contributed by atoms with Gasteiger partial charge in [-0.05, 0) is 12.3 Å². The molecule has 0 saturated carbocycles. The molecule has 1 heterocycles. The van der Waals surface area contributed by atoms with Crippen molar-refractivity contribution in [2.75, 3.05) is 0 Å². The highest BCUT2D eigenvalue weighted by atomic mass is 19.4. The van der Waals surface area contributed by atoms with E-state index in [1.165, 1.54) is 0 Å². The van der Waals surface area contributed by atoms with Crippen molar-refractivity contribution in [1.82, 2.24) is 9.78 Å². The molecule has 2 nitrogen and oxygen atoms in total. The normalized spacial score (nSPS) is 14.0. The van der Waals surface area contributed by atoms with Gasteiger partial charge in [0.05, 0.1) is 0 Å². The smallest absolute Gasteiger partial charge is 0.263 e. The minimum Gasteiger partial charge on any atom is -0.263 e. The molecule has 0 radical (unpaired) electrons. The number of hydrogen-bond donors (Lipinski definition) is 0. The summed E-state index contributed by atoms with van der Waals surface area (Å²) in [4.78, 5) is 0. The van der Waals surface area contributed by atoms with Crippen LogP contribution in [0.2, 0.25) is 0 Å². The first-order valence-corrected chi connectivity index (χ1v) is 6.18. The molecule has 118 valence electrons. The third kappa shape index (κ3) is 3.71. The van der Waals surface area contributed by atoms with Gasteiger partial charge >= 0.3 is 12.4 Å². The molecule has 0 amide bonds. The molecule has 0 aliphatic rings. The van der Waals surface area contributed by atoms with Crippen LogP contribution < -0.4 is 0 Å². The Balaban J connectivity index is 3.61. The van der Waals surface area contributed by atoms with Crippen LogP contribution in [0.25, 0.3) is 0 Å². The fourth-order valence-electron chi connectivity index (χ4n) is 2.31. The Labute approximate surface area is 118 Å². The number of halogens is 6. The summed E-state index contributed by atoms with van der Waals surface area (Å²) < 4.78 is 78.4. The van der Waals surface area contributed by atoms with Crippen molar-refractivity contribution in [2.45, 2.75) is 44.5 Å². The zero-order valence-corrected chi connectivity index (χ0v) is 11.4. The van der Waals surface area contributed by atoms with Gasteiger partial charge in [-0.15, -0.1) is 12.3 Å². The van der Waals surface area contributed by atoms with Crippen molar-refractivity contribution >= 4 is 0 Å². The third-order valence-corrected chi connectivity index (χ3v) is 3.03. The molecule has 0 saturated heterocycles. The second-order valence-corrected chi connectivity index (χ2v) is 4.62. The number of aromatic nitrogens is 2. The van der Waals surface area contributed by atoms with E-state index in [2.05, 4.69) is 11.0 Å². The molecule has 0 fully saturated rings. The van der Waals surface area contributed by atoms with Gasteiger partial charge in [0, 0.05) is 19.0 Å². The van der Waals surface area contributed by atoms with E-state index in [1.54, 1.807) is 6.92 Å². The summed E-state index contributed by atoms with van der Waals surface area (Å²) in [5, 5.41) is 3.04. The Hall–Kier alpha value is -1.65. The number of alkyl halides is 6. The molecule has 0 aliphatic carbocycles. The molecular formula is C13H14F6N2. The van der Waals surface area contributed by atoms with E-state index in [9.17, 15) is 26.3 Å². The number of aryl methyl sites for hydroxylation is 1. The van der Waals surface area contributed by atoms with Gasteiger partial charge in [-0.2, -0.15) is 31.4 Å². The van der Waals surface area contributed by atoms with Gasteiger partial charge in [-0.1, -0.05) is 13.3 Å². The summed E-state index contributed by atoms with van der Waals surface area (Å²) >= 11 is 0. The van der Waals surface area contributed by atoms with Crippen LogP contribution in [0.3, 0.4) is 0 Å². The predicted octanol–water partition coefficient (Wildman–Crippen LogP) is 4.36. The Morgan fingerprint density at radius 1 is 1.19 bits per heavy atom. The van der Waals surface area contributed by atoms with E-state index in [0.29, 0.717) is 6.42 Å². The minimum atomic E-state index is -4.96. The van der Waals surface area contributed by atoms with Crippen LogP contribution in [0.5, 0.6) is 0 Å². The fraction of sp³-hybridized carbons (Fsp3) is 0.615. The van der Waals surface area contributed by atoms with Gasteiger partial charge in [0.2, 0.25) is 0 Å². The molecule has 0 aromatic carbocycles. The van der Waals surface area contributed by atoms with Gasteiger partial charge in [0.15, 0.2) is 5.69 Å². The Kier molecular flexibility index (Phi) is 4.97. The van der Waals surface area contributed by atoms with E-state index in [0.717, 1.165) is 7.05 Å². The van der Waals surface area contributed by atoms with E-state index >= 15 is 0 Å². The number of rotatable bonds is 4. The summed E-state index contributed by atoms with van der Waals surface area (Å²) in [6.07, 6.45) is -4.47. The molecule has 21 heavy (non-hydrogen) atoms. The Morgan fingerprint density at radius 3 is 2.14 bits per heavy atom. The maximum absolute atomic E-state index is 13.1. The second kappa shape index (κ2) is 6.00. The lowest BCUT2D eigenvalue weighted by molar-refractivity contribution is -0.145. The monoisotopic (exact) mass is 312 g/mol. The SMILES string of the molecule is C#CCC(CCC)c1c(C(F)(F)F)nn(C)c1C(F)(F)F. The average molecular weight is 312 g/mol. The van der Waals surface area contributed by atoms with Crippen molar-refractivity contribution in [2.24, 2.45) is 7.05 Å². The minimum absolute atomic E-state index is 0.127. The lowest BCUT2D eigenvalue weighted by atomic mass is 9.89. The van der Waals surface area contributed by atoms with Crippen LogP contribution >= 0.6 is 0 Å². The van der Waals surface area contributed by atoms with E-state index in [4.69, 9.17) is 6.42 Å². The highest BCUT2D eigenvalue weighted by Gasteiger charge is 2.47. The lowest BCUT2D eigenvalue weighted by Crippen LogP contribution is -2.17. The summed E-state index contributed by atoms with van der Waals surface area (Å²) in [6.45, 7) is 1.67. The molecule has 0 N–H and O–H groups in total. The van der Waals surface area contributed by atoms with Crippen LogP contribution in [0.1, 0.15) is 49.1 Å². The number of terminal acetylenes is 1. The average Bonchev–Trinajstić information content (AvgIpc) is 2.66. The highest BCUT2D eigenvalue weighted by molar-refractivity contribution is 5.35. The van der Waals surface area contributed by atoms with E-state index in [1.807, 2.05) is 0 Å². The summed E-state index contributed by atoms with van der Waals surface area (Å²) in [7, 11) is 0.848. The zero-order chi connectivity index (χ0) is 16.4. The molecule has 1 aromatic heterocycles. The van der Waals surface area contributed by atoms with Crippen molar-refractivity contribution in [3.05, 3.63) is 17.0 Å². The Bertz CT molecular complexity index is 533. The van der Waals surface area contributed by atoms with Crippen LogP contribution in [0.15, 0.2) is 0 Å². The molecule has 1 atom stereocenters. The van der Waals surface area contributed by atoms with Crippen molar-refractivity contribution in [3.63, 3.8) is 0 Å². The summed E-state index contributed by atoms with van der Waals surface area (Å²) in [6, 6.07) is 0.